The van der Waals surface area contributed by atoms with Gasteiger partial charge in [0.25, 0.3) is 0 Å². The van der Waals surface area contributed by atoms with Crippen molar-refractivity contribution in [1.82, 2.24) is 10.3 Å². The van der Waals surface area contributed by atoms with E-state index in [0.29, 0.717) is 0 Å². The van der Waals surface area contributed by atoms with E-state index < -0.39 is 0 Å². The normalized spacial score (nSPS) is 12.5. The first-order valence-corrected chi connectivity index (χ1v) is 7.02. The van der Waals surface area contributed by atoms with Gasteiger partial charge < -0.3 is 5.32 Å². The Kier molecular flexibility index (Phi) is 3.93. The van der Waals surface area contributed by atoms with E-state index in [9.17, 15) is 4.39 Å². The topological polar surface area (TPSA) is 24.9 Å². The second-order valence-corrected chi connectivity index (χ2v) is 5.12. The predicted molar refractivity (Wildman–Crippen MR) is 83.6 cm³/mol. The van der Waals surface area contributed by atoms with E-state index >= 15 is 0 Å². The third-order valence-electron chi connectivity index (χ3n) is 3.78. The average molecular weight is 280 g/mol. The highest BCUT2D eigenvalue weighted by molar-refractivity contribution is 5.85. The van der Waals surface area contributed by atoms with Crippen LogP contribution in [0.1, 0.15) is 17.2 Å². The zero-order valence-electron chi connectivity index (χ0n) is 11.9. The number of hydrogen-bond acceptors (Lipinski definition) is 2. The SMILES string of the molecule is CNC(Cc1ccc(F)cc1)c1cncc2ccccc12. The summed E-state index contributed by atoms with van der Waals surface area (Å²) in [6.45, 7) is 0. The lowest BCUT2D eigenvalue weighted by Crippen LogP contribution is -2.19. The van der Waals surface area contributed by atoms with Crippen LogP contribution in [0.15, 0.2) is 60.9 Å². The van der Waals surface area contributed by atoms with Crippen LogP contribution in [0.25, 0.3) is 10.8 Å². The van der Waals surface area contributed by atoms with Crippen molar-refractivity contribution in [2.45, 2.75) is 12.5 Å². The van der Waals surface area contributed by atoms with E-state index in [2.05, 4.69) is 22.4 Å². The maximum absolute atomic E-state index is 13.0. The average Bonchev–Trinajstić information content (AvgIpc) is 2.54. The van der Waals surface area contributed by atoms with Crippen molar-refractivity contribution in [2.24, 2.45) is 0 Å². The molecular weight excluding hydrogens is 263 g/mol. The van der Waals surface area contributed by atoms with Crippen molar-refractivity contribution >= 4 is 10.8 Å². The van der Waals surface area contributed by atoms with Crippen molar-refractivity contribution in [3.8, 4) is 0 Å². The molecular formula is C18H17FN2. The van der Waals surface area contributed by atoms with Crippen molar-refractivity contribution in [3.63, 3.8) is 0 Å². The van der Waals surface area contributed by atoms with Gasteiger partial charge >= 0.3 is 0 Å². The van der Waals surface area contributed by atoms with Gasteiger partial charge in [0.1, 0.15) is 5.82 Å². The number of pyridine rings is 1. The maximum Gasteiger partial charge on any atom is 0.123 e. The van der Waals surface area contributed by atoms with Crippen LogP contribution in [0.2, 0.25) is 0 Å². The molecule has 2 aromatic carbocycles. The summed E-state index contributed by atoms with van der Waals surface area (Å²) in [5, 5.41) is 5.68. The lowest BCUT2D eigenvalue weighted by molar-refractivity contribution is 0.591. The Morgan fingerprint density at radius 1 is 1.05 bits per heavy atom. The fraction of sp³-hybridized carbons (Fsp3) is 0.167. The molecule has 3 rings (SSSR count). The summed E-state index contributed by atoms with van der Waals surface area (Å²) >= 11 is 0. The first-order chi connectivity index (χ1) is 10.3. The van der Waals surface area contributed by atoms with E-state index in [1.165, 1.54) is 23.1 Å². The molecule has 106 valence electrons. The van der Waals surface area contributed by atoms with Crippen LogP contribution in [-0.2, 0) is 6.42 Å². The smallest absolute Gasteiger partial charge is 0.123 e. The fourth-order valence-electron chi connectivity index (χ4n) is 2.64. The van der Waals surface area contributed by atoms with Gasteiger partial charge in [0.2, 0.25) is 0 Å². The molecule has 0 saturated carbocycles. The van der Waals surface area contributed by atoms with Crippen LogP contribution in [0, 0.1) is 5.82 Å². The number of aromatic nitrogens is 1. The fourth-order valence-corrected chi connectivity index (χ4v) is 2.64. The molecule has 0 aliphatic carbocycles. The predicted octanol–water partition coefficient (Wildman–Crippen LogP) is 3.88. The van der Waals surface area contributed by atoms with E-state index in [0.717, 1.165) is 17.4 Å². The minimum Gasteiger partial charge on any atom is -0.313 e. The van der Waals surface area contributed by atoms with Gasteiger partial charge in [0.05, 0.1) is 0 Å². The Hall–Kier alpha value is -2.26. The lowest BCUT2D eigenvalue weighted by atomic mass is 9.96. The Morgan fingerprint density at radius 3 is 2.57 bits per heavy atom. The van der Waals surface area contributed by atoms with E-state index in [-0.39, 0.29) is 11.9 Å². The lowest BCUT2D eigenvalue weighted by Gasteiger charge is -2.18. The van der Waals surface area contributed by atoms with E-state index in [4.69, 9.17) is 0 Å². The highest BCUT2D eigenvalue weighted by Crippen LogP contribution is 2.25. The highest BCUT2D eigenvalue weighted by atomic mass is 19.1. The van der Waals surface area contributed by atoms with Gasteiger partial charge in [-0.1, -0.05) is 36.4 Å². The number of likely N-dealkylation sites (N-methyl/N-ethyl adjacent to an activating group) is 1. The minimum absolute atomic E-state index is 0.147. The van der Waals surface area contributed by atoms with Crippen molar-refractivity contribution in [3.05, 3.63) is 77.9 Å². The van der Waals surface area contributed by atoms with Gasteiger partial charge in [-0.2, -0.15) is 0 Å². The molecule has 1 atom stereocenters. The molecule has 1 heterocycles. The van der Waals surface area contributed by atoms with E-state index in [1.807, 2.05) is 43.7 Å². The molecule has 0 fully saturated rings. The number of halogens is 1. The Labute approximate surface area is 123 Å². The molecule has 21 heavy (non-hydrogen) atoms. The molecule has 3 heteroatoms. The summed E-state index contributed by atoms with van der Waals surface area (Å²) in [4.78, 5) is 4.34. The highest BCUT2D eigenvalue weighted by Gasteiger charge is 2.13. The third kappa shape index (κ3) is 2.93. The number of rotatable bonds is 4. The summed E-state index contributed by atoms with van der Waals surface area (Å²) in [5.41, 5.74) is 2.27. The first kappa shape index (κ1) is 13.7. The molecule has 0 aliphatic heterocycles. The number of benzene rings is 2. The third-order valence-corrected chi connectivity index (χ3v) is 3.78. The zero-order valence-corrected chi connectivity index (χ0v) is 11.9. The standard InChI is InChI=1S/C18H17FN2/c1-20-18(10-13-6-8-15(19)9-7-13)17-12-21-11-14-4-2-3-5-16(14)17/h2-9,11-12,18,20H,10H2,1H3. The molecule has 1 N–H and O–H groups in total. The number of fused-ring (bicyclic) bond motifs is 1. The number of nitrogens with zero attached hydrogens (tertiary/aromatic N) is 1. The number of hydrogen-bond donors (Lipinski definition) is 1. The summed E-state index contributed by atoms with van der Waals surface area (Å²) in [6, 6.07) is 15.0. The molecule has 0 radical (unpaired) electrons. The minimum atomic E-state index is -0.202. The summed E-state index contributed by atoms with van der Waals surface area (Å²) in [6.07, 6.45) is 4.59. The van der Waals surface area contributed by atoms with Crippen LogP contribution in [-0.4, -0.2) is 12.0 Å². The van der Waals surface area contributed by atoms with Gasteiger partial charge in [0.15, 0.2) is 0 Å². The molecule has 0 saturated heterocycles. The summed E-state index contributed by atoms with van der Waals surface area (Å²) in [5.74, 6) is -0.202. The Bertz CT molecular complexity index is 732. The molecule has 0 amide bonds. The Morgan fingerprint density at radius 2 is 1.81 bits per heavy atom. The number of nitrogens with one attached hydrogen (secondary N) is 1. The van der Waals surface area contributed by atoms with Crippen LogP contribution < -0.4 is 5.32 Å². The molecule has 0 spiro atoms. The second kappa shape index (κ2) is 6.02. The second-order valence-electron chi connectivity index (χ2n) is 5.12. The van der Waals surface area contributed by atoms with Crippen LogP contribution >= 0.6 is 0 Å². The molecule has 2 nitrogen and oxygen atoms in total. The van der Waals surface area contributed by atoms with Crippen LogP contribution in [0.5, 0.6) is 0 Å². The molecule has 1 unspecified atom stereocenters. The van der Waals surface area contributed by atoms with Crippen LogP contribution in [0.4, 0.5) is 4.39 Å². The van der Waals surface area contributed by atoms with Gasteiger partial charge in [-0.25, -0.2) is 4.39 Å². The zero-order chi connectivity index (χ0) is 14.7. The molecule has 0 bridgehead atoms. The largest absolute Gasteiger partial charge is 0.313 e. The quantitative estimate of drug-likeness (QED) is 0.784. The molecule has 1 aromatic heterocycles. The maximum atomic E-state index is 13.0. The van der Waals surface area contributed by atoms with Crippen molar-refractivity contribution in [2.75, 3.05) is 7.05 Å². The van der Waals surface area contributed by atoms with Gasteiger partial charge in [-0.3, -0.25) is 4.98 Å². The van der Waals surface area contributed by atoms with Gasteiger partial charge in [-0.15, -0.1) is 0 Å². The van der Waals surface area contributed by atoms with Gasteiger partial charge in [0, 0.05) is 23.8 Å². The molecule has 3 aromatic rings. The van der Waals surface area contributed by atoms with Crippen molar-refractivity contribution in [1.29, 1.82) is 0 Å². The first-order valence-electron chi connectivity index (χ1n) is 7.02. The summed E-state index contributed by atoms with van der Waals surface area (Å²) < 4.78 is 13.0. The Balaban J connectivity index is 1.96. The van der Waals surface area contributed by atoms with E-state index in [1.54, 1.807) is 0 Å². The monoisotopic (exact) mass is 280 g/mol. The van der Waals surface area contributed by atoms with Crippen LogP contribution in [0.3, 0.4) is 0 Å². The molecule has 0 aliphatic rings. The van der Waals surface area contributed by atoms with Crippen molar-refractivity contribution < 1.29 is 4.39 Å². The van der Waals surface area contributed by atoms with Gasteiger partial charge in [-0.05, 0) is 42.1 Å². The summed E-state index contributed by atoms with van der Waals surface area (Å²) in [7, 11) is 1.94.